The van der Waals surface area contributed by atoms with Crippen molar-refractivity contribution in [2.45, 2.75) is 6.92 Å². The van der Waals surface area contributed by atoms with Crippen molar-refractivity contribution in [3.05, 3.63) is 0 Å². The number of nitrogens with one attached hydrogen (secondary N) is 1. The Morgan fingerprint density at radius 2 is 2.33 bits per heavy atom. The molecule has 0 aromatic rings. The minimum atomic E-state index is 0.347. The van der Waals surface area contributed by atoms with E-state index in [0.29, 0.717) is 11.8 Å². The lowest BCUT2D eigenvalue weighted by molar-refractivity contribution is 0.150. The van der Waals surface area contributed by atoms with Gasteiger partial charge < -0.3 is 10.6 Å². The normalized spacial score (nSPS) is 21.4. The van der Waals surface area contributed by atoms with E-state index in [0.717, 1.165) is 19.6 Å². The lowest BCUT2D eigenvalue weighted by atomic mass is 10.00. The summed E-state index contributed by atoms with van der Waals surface area (Å²) in [6.45, 7) is 5.19. The molecule has 0 radical (unpaired) electrons. The summed E-state index contributed by atoms with van der Waals surface area (Å²) in [5.41, 5.74) is 5.27. The molecule has 0 atom stereocenters. The van der Waals surface area contributed by atoms with Crippen LogP contribution < -0.4 is 5.73 Å². The molecule has 3 nitrogen and oxygen atoms in total. The predicted molar refractivity (Wildman–Crippen MR) is 37.5 cm³/mol. The SMILES string of the molecule is CCN1CC(C(=N)N)C1. The molecule has 1 aliphatic rings. The van der Waals surface area contributed by atoms with Gasteiger partial charge >= 0.3 is 0 Å². The first-order valence-corrected chi connectivity index (χ1v) is 3.30. The van der Waals surface area contributed by atoms with Crippen molar-refractivity contribution in [2.75, 3.05) is 19.6 Å². The van der Waals surface area contributed by atoms with Gasteiger partial charge in [0.05, 0.1) is 5.84 Å². The van der Waals surface area contributed by atoms with E-state index < -0.39 is 0 Å². The molecule has 0 saturated carbocycles. The van der Waals surface area contributed by atoms with E-state index in [1.54, 1.807) is 0 Å². The second kappa shape index (κ2) is 2.35. The molecule has 0 amide bonds. The molecular weight excluding hydrogens is 114 g/mol. The van der Waals surface area contributed by atoms with Crippen molar-refractivity contribution in [3.63, 3.8) is 0 Å². The molecule has 3 heteroatoms. The third-order valence-corrected chi connectivity index (χ3v) is 1.84. The quantitative estimate of drug-likeness (QED) is 0.401. The van der Waals surface area contributed by atoms with E-state index in [1.165, 1.54) is 0 Å². The molecule has 0 spiro atoms. The molecule has 3 N–H and O–H groups in total. The fourth-order valence-corrected chi connectivity index (χ4v) is 1.02. The van der Waals surface area contributed by atoms with Crippen LogP contribution in [-0.4, -0.2) is 30.4 Å². The van der Waals surface area contributed by atoms with Crippen molar-refractivity contribution < 1.29 is 0 Å². The van der Waals surface area contributed by atoms with Crippen molar-refractivity contribution in [2.24, 2.45) is 11.7 Å². The van der Waals surface area contributed by atoms with Gasteiger partial charge in [-0.05, 0) is 6.54 Å². The number of hydrogen-bond acceptors (Lipinski definition) is 2. The van der Waals surface area contributed by atoms with E-state index in [4.69, 9.17) is 11.1 Å². The second-order valence-electron chi connectivity index (χ2n) is 2.50. The average molecular weight is 127 g/mol. The van der Waals surface area contributed by atoms with Gasteiger partial charge in [-0.3, -0.25) is 5.41 Å². The van der Waals surface area contributed by atoms with Crippen LogP contribution in [0.25, 0.3) is 0 Å². The number of amidine groups is 1. The van der Waals surface area contributed by atoms with Crippen LogP contribution in [0.5, 0.6) is 0 Å². The molecule has 0 unspecified atom stereocenters. The maximum absolute atomic E-state index is 7.07. The summed E-state index contributed by atoms with van der Waals surface area (Å²) in [5.74, 6) is 0.699. The van der Waals surface area contributed by atoms with Crippen LogP contribution in [0.15, 0.2) is 0 Å². The van der Waals surface area contributed by atoms with Crippen LogP contribution in [0.2, 0.25) is 0 Å². The Balaban J connectivity index is 2.19. The standard InChI is InChI=1S/C6H13N3/c1-2-9-3-5(4-9)6(7)8/h5H,2-4H2,1H3,(H3,7,8). The molecule has 1 heterocycles. The lowest BCUT2D eigenvalue weighted by Crippen LogP contribution is -2.51. The minimum absolute atomic E-state index is 0.347. The first-order valence-electron chi connectivity index (χ1n) is 3.30. The summed E-state index contributed by atoms with van der Waals surface area (Å²) >= 11 is 0. The monoisotopic (exact) mass is 127 g/mol. The van der Waals surface area contributed by atoms with Gasteiger partial charge in [-0.2, -0.15) is 0 Å². The molecule has 0 bridgehead atoms. The largest absolute Gasteiger partial charge is 0.387 e. The Morgan fingerprint density at radius 1 is 1.78 bits per heavy atom. The fourth-order valence-electron chi connectivity index (χ4n) is 1.02. The van der Waals surface area contributed by atoms with E-state index >= 15 is 0 Å². The third kappa shape index (κ3) is 1.21. The van der Waals surface area contributed by atoms with Crippen LogP contribution in [0, 0.1) is 11.3 Å². The highest BCUT2D eigenvalue weighted by atomic mass is 15.2. The minimum Gasteiger partial charge on any atom is -0.387 e. The maximum Gasteiger partial charge on any atom is 0.0962 e. The zero-order valence-corrected chi connectivity index (χ0v) is 5.72. The second-order valence-corrected chi connectivity index (χ2v) is 2.50. The highest BCUT2D eigenvalue weighted by Crippen LogP contribution is 2.13. The zero-order chi connectivity index (χ0) is 6.85. The van der Waals surface area contributed by atoms with E-state index in [2.05, 4.69) is 11.8 Å². The molecule has 0 aromatic heterocycles. The summed E-state index contributed by atoms with van der Waals surface area (Å²) in [6.07, 6.45) is 0. The van der Waals surface area contributed by atoms with Gasteiger partial charge in [0.15, 0.2) is 0 Å². The Hall–Kier alpha value is -0.570. The number of rotatable bonds is 2. The van der Waals surface area contributed by atoms with Gasteiger partial charge in [0.2, 0.25) is 0 Å². The Labute approximate surface area is 55.3 Å². The summed E-state index contributed by atoms with van der Waals surface area (Å²) in [5, 5.41) is 7.07. The Morgan fingerprint density at radius 3 is 2.67 bits per heavy atom. The number of hydrogen-bond donors (Lipinski definition) is 2. The summed E-state index contributed by atoms with van der Waals surface area (Å²) < 4.78 is 0. The summed E-state index contributed by atoms with van der Waals surface area (Å²) in [6, 6.07) is 0. The zero-order valence-electron chi connectivity index (χ0n) is 5.72. The summed E-state index contributed by atoms with van der Waals surface area (Å²) in [7, 11) is 0. The van der Waals surface area contributed by atoms with Crippen molar-refractivity contribution in [1.82, 2.24) is 4.90 Å². The topological polar surface area (TPSA) is 53.1 Å². The smallest absolute Gasteiger partial charge is 0.0962 e. The number of likely N-dealkylation sites (tertiary alicyclic amines) is 1. The van der Waals surface area contributed by atoms with Crippen LogP contribution in [0.4, 0.5) is 0 Å². The van der Waals surface area contributed by atoms with Gasteiger partial charge in [-0.25, -0.2) is 0 Å². The highest BCUT2D eigenvalue weighted by Gasteiger charge is 2.26. The van der Waals surface area contributed by atoms with E-state index in [1.807, 2.05) is 0 Å². The van der Waals surface area contributed by atoms with Gasteiger partial charge in [0.1, 0.15) is 0 Å². The van der Waals surface area contributed by atoms with Crippen LogP contribution >= 0.6 is 0 Å². The van der Waals surface area contributed by atoms with Crippen LogP contribution in [0.3, 0.4) is 0 Å². The molecule has 1 aliphatic heterocycles. The molecule has 0 aromatic carbocycles. The first kappa shape index (κ1) is 6.55. The van der Waals surface area contributed by atoms with Crippen LogP contribution in [0.1, 0.15) is 6.92 Å². The van der Waals surface area contributed by atoms with Gasteiger partial charge in [0, 0.05) is 19.0 Å². The highest BCUT2D eigenvalue weighted by molar-refractivity contribution is 5.80. The molecule has 1 saturated heterocycles. The number of nitrogens with zero attached hydrogens (tertiary/aromatic N) is 1. The van der Waals surface area contributed by atoms with E-state index in [-0.39, 0.29) is 0 Å². The van der Waals surface area contributed by atoms with Crippen molar-refractivity contribution >= 4 is 5.84 Å². The molecule has 0 aliphatic carbocycles. The first-order chi connectivity index (χ1) is 4.24. The molecule has 9 heavy (non-hydrogen) atoms. The van der Waals surface area contributed by atoms with Crippen molar-refractivity contribution in [3.8, 4) is 0 Å². The Kier molecular flexibility index (Phi) is 1.71. The average Bonchev–Trinajstić information content (AvgIpc) is 1.61. The van der Waals surface area contributed by atoms with Gasteiger partial charge in [-0.1, -0.05) is 6.92 Å². The van der Waals surface area contributed by atoms with Crippen molar-refractivity contribution in [1.29, 1.82) is 5.41 Å². The molecule has 1 rings (SSSR count). The maximum atomic E-state index is 7.07. The van der Waals surface area contributed by atoms with E-state index in [9.17, 15) is 0 Å². The molecule has 1 fully saturated rings. The Bertz CT molecular complexity index is 115. The third-order valence-electron chi connectivity index (χ3n) is 1.84. The fraction of sp³-hybridized carbons (Fsp3) is 0.833. The van der Waals surface area contributed by atoms with Crippen LogP contribution in [-0.2, 0) is 0 Å². The summed E-state index contributed by atoms with van der Waals surface area (Å²) in [4.78, 5) is 2.27. The molecular formula is C6H13N3. The van der Waals surface area contributed by atoms with Gasteiger partial charge in [0.25, 0.3) is 0 Å². The predicted octanol–water partition coefficient (Wildman–Crippen LogP) is -0.126. The lowest BCUT2D eigenvalue weighted by Gasteiger charge is -2.37. The molecule has 52 valence electrons. The number of nitrogens with two attached hydrogens (primary N) is 1. The van der Waals surface area contributed by atoms with Gasteiger partial charge in [-0.15, -0.1) is 0 Å².